The molecule has 0 saturated heterocycles. The van der Waals surface area contributed by atoms with Gasteiger partial charge in [0.15, 0.2) is 0 Å². The number of hydrogen-bond donors (Lipinski definition) is 3. The first kappa shape index (κ1) is 15.8. The molecule has 0 atom stereocenters. The number of benzene rings is 1. The fraction of sp³-hybridized carbons (Fsp3) is 0.231. The van der Waals surface area contributed by atoms with Crippen molar-refractivity contribution in [1.82, 2.24) is 14.9 Å². The first-order chi connectivity index (χ1) is 10.5. The molecule has 0 aliphatic carbocycles. The molecule has 0 radical (unpaired) electrons. The Bertz CT molecular complexity index is 682. The van der Waals surface area contributed by atoms with E-state index in [4.69, 9.17) is 5.84 Å². The summed E-state index contributed by atoms with van der Waals surface area (Å²) >= 11 is 1.20. The molecule has 1 aromatic heterocycles. The second-order valence-corrected chi connectivity index (χ2v) is 5.44. The first-order valence-electron chi connectivity index (χ1n) is 6.43. The SMILES string of the molecule is CC(=O)Nc1ccc(NC(=O)CSc2nnc(C)n2N)cc1. The van der Waals surface area contributed by atoms with Crippen molar-refractivity contribution in [2.75, 3.05) is 22.2 Å². The molecule has 2 amide bonds. The van der Waals surface area contributed by atoms with E-state index in [-0.39, 0.29) is 17.6 Å². The number of hydrogen-bond acceptors (Lipinski definition) is 6. The minimum absolute atomic E-state index is 0.144. The standard InChI is InChI=1S/C13H16N6O2S/c1-8-17-18-13(19(8)14)22-7-12(21)16-11-5-3-10(4-6-11)15-9(2)20/h3-6H,7,14H2,1-2H3,(H,15,20)(H,16,21). The highest BCUT2D eigenvalue weighted by molar-refractivity contribution is 7.99. The predicted octanol–water partition coefficient (Wildman–Crippen LogP) is 0.990. The van der Waals surface area contributed by atoms with Gasteiger partial charge in [-0.25, -0.2) is 4.68 Å². The third kappa shape index (κ3) is 4.22. The third-order valence-corrected chi connectivity index (χ3v) is 3.60. The minimum atomic E-state index is -0.182. The van der Waals surface area contributed by atoms with Crippen molar-refractivity contribution in [3.05, 3.63) is 30.1 Å². The van der Waals surface area contributed by atoms with Crippen molar-refractivity contribution in [2.45, 2.75) is 19.0 Å². The van der Waals surface area contributed by atoms with Crippen LogP contribution in [-0.2, 0) is 9.59 Å². The molecule has 9 heteroatoms. The lowest BCUT2D eigenvalue weighted by Crippen LogP contribution is -2.16. The van der Waals surface area contributed by atoms with Crippen LogP contribution in [0, 0.1) is 6.92 Å². The fourth-order valence-electron chi connectivity index (χ4n) is 1.62. The maximum atomic E-state index is 11.9. The second kappa shape index (κ2) is 6.94. The molecule has 4 N–H and O–H groups in total. The van der Waals surface area contributed by atoms with Crippen LogP contribution in [0.5, 0.6) is 0 Å². The van der Waals surface area contributed by atoms with Crippen molar-refractivity contribution < 1.29 is 9.59 Å². The van der Waals surface area contributed by atoms with Crippen LogP contribution in [0.25, 0.3) is 0 Å². The van der Waals surface area contributed by atoms with Gasteiger partial charge >= 0.3 is 0 Å². The van der Waals surface area contributed by atoms with Gasteiger partial charge in [0.05, 0.1) is 5.75 Å². The Morgan fingerprint density at radius 3 is 2.27 bits per heavy atom. The largest absolute Gasteiger partial charge is 0.336 e. The van der Waals surface area contributed by atoms with Gasteiger partial charge in [-0.3, -0.25) is 9.59 Å². The van der Waals surface area contributed by atoms with Gasteiger partial charge in [-0.05, 0) is 31.2 Å². The number of nitrogens with two attached hydrogens (primary N) is 1. The highest BCUT2D eigenvalue weighted by Crippen LogP contribution is 2.16. The lowest BCUT2D eigenvalue weighted by molar-refractivity contribution is -0.114. The Morgan fingerprint density at radius 2 is 1.77 bits per heavy atom. The Balaban J connectivity index is 1.86. The number of nitrogens with one attached hydrogen (secondary N) is 2. The number of nitrogens with zero attached hydrogens (tertiary/aromatic N) is 3. The van der Waals surface area contributed by atoms with E-state index >= 15 is 0 Å². The number of carbonyl (C=O) groups excluding carboxylic acids is 2. The molecule has 1 heterocycles. The topological polar surface area (TPSA) is 115 Å². The predicted molar refractivity (Wildman–Crippen MR) is 85.0 cm³/mol. The fourth-order valence-corrected chi connectivity index (χ4v) is 2.32. The smallest absolute Gasteiger partial charge is 0.234 e. The molecule has 0 unspecified atom stereocenters. The van der Waals surface area contributed by atoms with Crippen LogP contribution in [0.2, 0.25) is 0 Å². The van der Waals surface area contributed by atoms with Crippen LogP contribution >= 0.6 is 11.8 Å². The molecule has 116 valence electrons. The van der Waals surface area contributed by atoms with Gasteiger partial charge in [0.25, 0.3) is 0 Å². The first-order valence-corrected chi connectivity index (χ1v) is 7.41. The molecule has 8 nitrogen and oxygen atoms in total. The van der Waals surface area contributed by atoms with Gasteiger partial charge < -0.3 is 16.5 Å². The molecular formula is C13H16N6O2S. The summed E-state index contributed by atoms with van der Waals surface area (Å²) < 4.78 is 1.33. The molecular weight excluding hydrogens is 304 g/mol. The molecule has 1 aromatic carbocycles. The van der Waals surface area contributed by atoms with Crippen LogP contribution in [0.1, 0.15) is 12.7 Å². The number of anilines is 2. The summed E-state index contributed by atoms with van der Waals surface area (Å²) in [5.41, 5.74) is 1.32. The Kier molecular flexibility index (Phi) is 4.99. The number of amides is 2. The van der Waals surface area contributed by atoms with Crippen molar-refractivity contribution in [2.24, 2.45) is 0 Å². The van der Waals surface area contributed by atoms with E-state index in [2.05, 4.69) is 20.8 Å². The van der Waals surface area contributed by atoms with Gasteiger partial charge in [0.2, 0.25) is 17.0 Å². The average Bonchev–Trinajstić information content (AvgIpc) is 2.78. The summed E-state index contributed by atoms with van der Waals surface area (Å²) in [6.07, 6.45) is 0. The molecule has 2 rings (SSSR count). The van der Waals surface area contributed by atoms with Crippen molar-refractivity contribution in [1.29, 1.82) is 0 Å². The van der Waals surface area contributed by atoms with E-state index in [0.717, 1.165) is 0 Å². The Labute approximate surface area is 131 Å². The molecule has 0 fully saturated rings. The molecule has 0 aliphatic rings. The van der Waals surface area contributed by atoms with Gasteiger partial charge in [0, 0.05) is 18.3 Å². The maximum absolute atomic E-state index is 11.9. The molecule has 0 aliphatic heterocycles. The van der Waals surface area contributed by atoms with Gasteiger partial charge in [-0.2, -0.15) is 0 Å². The summed E-state index contributed by atoms with van der Waals surface area (Å²) in [5.74, 6) is 6.13. The van der Waals surface area contributed by atoms with Crippen molar-refractivity contribution in [3.8, 4) is 0 Å². The van der Waals surface area contributed by atoms with E-state index in [1.54, 1.807) is 31.2 Å². The number of aromatic nitrogens is 3. The zero-order valence-electron chi connectivity index (χ0n) is 12.2. The number of rotatable bonds is 5. The summed E-state index contributed by atoms with van der Waals surface area (Å²) in [7, 11) is 0. The normalized spacial score (nSPS) is 10.3. The van der Waals surface area contributed by atoms with Crippen LogP contribution < -0.4 is 16.5 Å². The van der Waals surface area contributed by atoms with Crippen LogP contribution in [0.3, 0.4) is 0 Å². The molecule has 22 heavy (non-hydrogen) atoms. The van der Waals surface area contributed by atoms with Crippen molar-refractivity contribution >= 4 is 35.0 Å². The Hall–Kier alpha value is -2.55. The molecule has 2 aromatic rings. The minimum Gasteiger partial charge on any atom is -0.336 e. The van der Waals surface area contributed by atoms with E-state index in [1.807, 2.05) is 0 Å². The zero-order chi connectivity index (χ0) is 16.1. The number of thioether (sulfide) groups is 1. The van der Waals surface area contributed by atoms with E-state index < -0.39 is 0 Å². The lowest BCUT2D eigenvalue weighted by atomic mass is 10.3. The monoisotopic (exact) mass is 320 g/mol. The third-order valence-electron chi connectivity index (χ3n) is 2.66. The highest BCUT2D eigenvalue weighted by Gasteiger charge is 2.10. The van der Waals surface area contributed by atoms with Gasteiger partial charge in [-0.1, -0.05) is 11.8 Å². The summed E-state index contributed by atoms with van der Waals surface area (Å²) in [4.78, 5) is 22.8. The molecule has 0 spiro atoms. The molecule has 0 bridgehead atoms. The van der Waals surface area contributed by atoms with Crippen LogP contribution in [0.4, 0.5) is 11.4 Å². The summed E-state index contributed by atoms with van der Waals surface area (Å²) in [6, 6.07) is 6.85. The number of carbonyl (C=O) groups is 2. The zero-order valence-corrected chi connectivity index (χ0v) is 13.0. The maximum Gasteiger partial charge on any atom is 0.234 e. The Morgan fingerprint density at radius 1 is 1.18 bits per heavy atom. The highest BCUT2D eigenvalue weighted by atomic mass is 32.2. The molecule has 0 saturated carbocycles. The van der Waals surface area contributed by atoms with Gasteiger partial charge in [-0.15, -0.1) is 10.2 Å². The van der Waals surface area contributed by atoms with Crippen molar-refractivity contribution in [3.63, 3.8) is 0 Å². The number of aryl methyl sites for hydroxylation is 1. The van der Waals surface area contributed by atoms with Gasteiger partial charge in [0.1, 0.15) is 5.82 Å². The van der Waals surface area contributed by atoms with Crippen LogP contribution in [0.15, 0.2) is 29.4 Å². The number of nitrogen functional groups attached to an aromatic ring is 1. The summed E-state index contributed by atoms with van der Waals surface area (Å²) in [6.45, 7) is 3.17. The lowest BCUT2D eigenvalue weighted by Gasteiger charge is -2.06. The van der Waals surface area contributed by atoms with Crippen LogP contribution in [-0.4, -0.2) is 32.4 Å². The van der Waals surface area contributed by atoms with E-state index in [0.29, 0.717) is 22.4 Å². The summed E-state index contributed by atoms with van der Waals surface area (Å²) in [5, 5.41) is 13.6. The van der Waals surface area contributed by atoms with E-state index in [9.17, 15) is 9.59 Å². The average molecular weight is 320 g/mol. The quantitative estimate of drug-likeness (QED) is 0.559. The van der Waals surface area contributed by atoms with E-state index in [1.165, 1.54) is 23.4 Å². The second-order valence-electron chi connectivity index (χ2n) is 4.50.